The van der Waals surface area contributed by atoms with Crippen LogP contribution in [0.4, 0.5) is 0 Å². The Labute approximate surface area is 81.6 Å². The first-order valence-electron chi connectivity index (χ1n) is 3.68. The van der Waals surface area contributed by atoms with Crippen molar-refractivity contribution in [1.29, 1.82) is 0 Å². The minimum atomic E-state index is -0.390. The summed E-state index contributed by atoms with van der Waals surface area (Å²) in [5.74, 6) is -0.390. The summed E-state index contributed by atoms with van der Waals surface area (Å²) in [6.45, 7) is 0. The molecule has 1 amide bonds. The predicted molar refractivity (Wildman–Crippen MR) is 55.5 cm³/mol. The van der Waals surface area contributed by atoms with Crippen LogP contribution in [0.5, 0.6) is 0 Å². The van der Waals surface area contributed by atoms with E-state index >= 15 is 0 Å². The molecule has 0 N–H and O–H groups in total. The number of benzene rings is 1. The summed E-state index contributed by atoms with van der Waals surface area (Å²) in [5.41, 5.74) is 0.954. The summed E-state index contributed by atoms with van der Waals surface area (Å²) in [5, 5.41) is 2.01. The molecule has 1 rings (SSSR count). The molecule has 0 spiro atoms. The largest absolute Gasteiger partial charge is 0.278 e. The summed E-state index contributed by atoms with van der Waals surface area (Å²) in [6.07, 6.45) is 3.03. The van der Waals surface area contributed by atoms with E-state index in [4.69, 9.17) is 0 Å². The van der Waals surface area contributed by atoms with E-state index in [2.05, 4.69) is 17.2 Å². The minimum absolute atomic E-state index is 0.390. The number of hydrogen-bond acceptors (Lipinski definition) is 2. The second kappa shape index (κ2) is 5.14. The number of thiocarbonyl (C=S) groups is 1. The Morgan fingerprint density at radius 1 is 1.38 bits per heavy atom. The van der Waals surface area contributed by atoms with Crippen LogP contribution in [0.1, 0.15) is 5.56 Å². The van der Waals surface area contributed by atoms with E-state index in [9.17, 15) is 4.79 Å². The van der Waals surface area contributed by atoms with Gasteiger partial charge in [-0.05, 0) is 23.9 Å². The fourth-order valence-corrected chi connectivity index (χ4v) is 0.904. The standard InChI is InChI=1S/C10H7NOS/c12-10(11-8-13)7-6-9-4-2-1-3-5-9/h1-7H. The monoisotopic (exact) mass is 189 g/mol. The van der Waals surface area contributed by atoms with Gasteiger partial charge in [-0.2, -0.15) is 4.99 Å². The molecule has 2 nitrogen and oxygen atoms in total. The predicted octanol–water partition coefficient (Wildman–Crippen LogP) is 2.33. The normalized spacial score (nSPS) is 9.54. The Morgan fingerprint density at radius 3 is 2.69 bits per heavy atom. The average Bonchev–Trinajstić information content (AvgIpc) is 2.17. The van der Waals surface area contributed by atoms with E-state index < -0.39 is 0 Å². The van der Waals surface area contributed by atoms with E-state index in [1.807, 2.05) is 35.5 Å². The average molecular weight is 189 g/mol. The maximum atomic E-state index is 10.8. The maximum absolute atomic E-state index is 10.8. The number of nitrogens with zero attached hydrogens (tertiary/aromatic N) is 1. The van der Waals surface area contributed by atoms with Gasteiger partial charge in [-0.1, -0.05) is 30.3 Å². The van der Waals surface area contributed by atoms with Crippen LogP contribution < -0.4 is 0 Å². The van der Waals surface area contributed by atoms with Crippen LogP contribution in [0.25, 0.3) is 6.08 Å². The quantitative estimate of drug-likeness (QED) is 0.406. The minimum Gasteiger partial charge on any atom is -0.267 e. The smallest absolute Gasteiger partial charge is 0.267 e. The number of hydrogen-bond donors (Lipinski definition) is 0. The van der Waals surface area contributed by atoms with Crippen molar-refractivity contribution in [3.8, 4) is 0 Å². The molecule has 13 heavy (non-hydrogen) atoms. The maximum Gasteiger partial charge on any atom is 0.278 e. The summed E-state index contributed by atoms with van der Waals surface area (Å²) < 4.78 is 0. The first-order chi connectivity index (χ1) is 6.33. The molecule has 0 unspecified atom stereocenters. The van der Waals surface area contributed by atoms with Crippen LogP contribution in [0, 0.1) is 0 Å². The molecular weight excluding hydrogens is 182 g/mol. The molecule has 3 heteroatoms. The van der Waals surface area contributed by atoms with E-state index in [-0.39, 0.29) is 5.91 Å². The van der Waals surface area contributed by atoms with Crippen molar-refractivity contribution in [3.05, 3.63) is 42.0 Å². The molecule has 0 saturated carbocycles. The summed E-state index contributed by atoms with van der Waals surface area (Å²) in [6, 6.07) is 9.49. The molecule has 0 aliphatic carbocycles. The van der Waals surface area contributed by atoms with Crippen LogP contribution in [-0.4, -0.2) is 11.1 Å². The van der Waals surface area contributed by atoms with Gasteiger partial charge >= 0.3 is 0 Å². The number of carbonyl (C=O) groups is 1. The second-order valence-electron chi connectivity index (χ2n) is 2.29. The summed E-state index contributed by atoms with van der Waals surface area (Å²) >= 11 is 4.29. The lowest BCUT2D eigenvalue weighted by Gasteiger charge is -1.88. The molecule has 64 valence electrons. The van der Waals surface area contributed by atoms with Gasteiger partial charge in [-0.15, -0.1) is 0 Å². The van der Waals surface area contributed by atoms with E-state index in [1.54, 1.807) is 6.08 Å². The van der Waals surface area contributed by atoms with Gasteiger partial charge < -0.3 is 0 Å². The van der Waals surface area contributed by atoms with Crippen LogP contribution in [-0.2, 0) is 4.79 Å². The number of rotatable bonds is 2. The number of carbonyl (C=O) groups excluding carboxylic acids is 1. The van der Waals surface area contributed by atoms with Crippen molar-refractivity contribution in [2.24, 2.45) is 4.99 Å². The number of aliphatic imine (C=N–C) groups is 1. The highest BCUT2D eigenvalue weighted by atomic mass is 32.1. The van der Waals surface area contributed by atoms with Crippen molar-refractivity contribution in [3.63, 3.8) is 0 Å². The highest BCUT2D eigenvalue weighted by Crippen LogP contribution is 2.00. The van der Waals surface area contributed by atoms with Crippen LogP contribution in [0.2, 0.25) is 0 Å². The number of isothiocyanates is 1. The lowest BCUT2D eigenvalue weighted by molar-refractivity contribution is -0.113. The third-order valence-corrected chi connectivity index (χ3v) is 1.47. The highest BCUT2D eigenvalue weighted by Gasteiger charge is 1.88. The summed E-state index contributed by atoms with van der Waals surface area (Å²) in [7, 11) is 0. The molecule has 1 aromatic carbocycles. The van der Waals surface area contributed by atoms with Crippen LogP contribution in [0.3, 0.4) is 0 Å². The Bertz CT molecular complexity index is 364. The first-order valence-corrected chi connectivity index (χ1v) is 4.09. The summed E-state index contributed by atoms with van der Waals surface area (Å²) in [4.78, 5) is 14.1. The van der Waals surface area contributed by atoms with E-state index in [1.165, 1.54) is 6.08 Å². The van der Waals surface area contributed by atoms with Crippen LogP contribution in [0.15, 0.2) is 41.4 Å². The van der Waals surface area contributed by atoms with Crippen LogP contribution >= 0.6 is 12.2 Å². The molecule has 0 atom stereocenters. The molecule has 0 radical (unpaired) electrons. The lowest BCUT2D eigenvalue weighted by Crippen LogP contribution is -1.83. The Balaban J connectivity index is 2.69. The molecular formula is C10H7NOS. The Hall–Kier alpha value is -1.57. The molecule has 0 bridgehead atoms. The highest BCUT2D eigenvalue weighted by molar-refractivity contribution is 7.78. The van der Waals surface area contributed by atoms with Crippen molar-refractivity contribution in [2.45, 2.75) is 0 Å². The zero-order chi connectivity index (χ0) is 9.52. The van der Waals surface area contributed by atoms with Crippen molar-refractivity contribution >= 4 is 29.4 Å². The molecule has 0 aliphatic rings. The Kier molecular flexibility index (Phi) is 3.76. The fraction of sp³-hybridized carbons (Fsp3) is 0. The third-order valence-electron chi connectivity index (χ3n) is 1.37. The van der Waals surface area contributed by atoms with Gasteiger partial charge in [0.1, 0.15) is 0 Å². The number of amides is 1. The van der Waals surface area contributed by atoms with Gasteiger partial charge in [-0.3, -0.25) is 4.79 Å². The Morgan fingerprint density at radius 2 is 2.08 bits per heavy atom. The zero-order valence-corrected chi connectivity index (χ0v) is 7.62. The molecule has 1 aromatic rings. The van der Waals surface area contributed by atoms with Gasteiger partial charge in [0.25, 0.3) is 5.91 Å². The van der Waals surface area contributed by atoms with Gasteiger partial charge in [-0.25, -0.2) is 0 Å². The van der Waals surface area contributed by atoms with Gasteiger partial charge in [0.05, 0.1) is 5.16 Å². The van der Waals surface area contributed by atoms with Gasteiger partial charge in [0.2, 0.25) is 0 Å². The molecule has 0 saturated heterocycles. The first kappa shape index (κ1) is 9.52. The SMILES string of the molecule is O=C(C=Cc1ccccc1)N=C=S. The fourth-order valence-electron chi connectivity index (χ4n) is 0.814. The molecule has 0 fully saturated rings. The third kappa shape index (κ3) is 3.56. The van der Waals surface area contributed by atoms with E-state index in [0.717, 1.165) is 5.56 Å². The molecule has 0 heterocycles. The molecule has 0 aromatic heterocycles. The second-order valence-corrected chi connectivity index (χ2v) is 2.47. The van der Waals surface area contributed by atoms with E-state index in [0.29, 0.717) is 0 Å². The topological polar surface area (TPSA) is 29.4 Å². The van der Waals surface area contributed by atoms with Gasteiger partial charge in [0.15, 0.2) is 0 Å². The lowest BCUT2D eigenvalue weighted by atomic mass is 10.2. The van der Waals surface area contributed by atoms with Gasteiger partial charge in [0, 0.05) is 6.08 Å². The van der Waals surface area contributed by atoms with Crippen molar-refractivity contribution < 1.29 is 4.79 Å². The van der Waals surface area contributed by atoms with Crippen molar-refractivity contribution in [1.82, 2.24) is 0 Å². The molecule has 0 aliphatic heterocycles. The zero-order valence-electron chi connectivity index (χ0n) is 6.81. The van der Waals surface area contributed by atoms with Crippen molar-refractivity contribution in [2.75, 3.05) is 0 Å².